The Kier molecular flexibility index (Phi) is 9.27. The van der Waals surface area contributed by atoms with E-state index in [1.54, 1.807) is 0 Å². The molecule has 4 heterocycles. The average molecular weight is 966 g/mol. The molecule has 0 N–H and O–H groups in total. The SMILES string of the molecule is c1ccc(-c2ccc3c(c2)c2ccc(-c4ccccc4)cc2n3-c2ccc3c(c2)c2cc4cc(c5cc6ccccc6cc5c5nc(-c6ccccc6)nc(n5)c5cc6ccccc6cc45)c2n3-c2ccccc2)cc1. The van der Waals surface area contributed by atoms with Crippen LogP contribution in [0.3, 0.4) is 0 Å². The molecule has 0 radical (unpaired) electrons. The third kappa shape index (κ3) is 6.62. The van der Waals surface area contributed by atoms with Crippen molar-refractivity contribution in [3.63, 3.8) is 0 Å². The van der Waals surface area contributed by atoms with Crippen LogP contribution in [0.15, 0.2) is 261 Å². The quantitative estimate of drug-likeness (QED) is 0.173. The smallest absolute Gasteiger partial charge is 0.164 e. The predicted octanol–water partition coefficient (Wildman–Crippen LogP) is 18.5. The van der Waals surface area contributed by atoms with E-state index in [0.717, 1.165) is 104 Å². The molecule has 5 nitrogen and oxygen atoms in total. The van der Waals surface area contributed by atoms with Crippen molar-refractivity contribution in [3.05, 3.63) is 261 Å². The van der Waals surface area contributed by atoms with Gasteiger partial charge in [0, 0.05) is 54.6 Å². The average Bonchev–Trinajstić information content (AvgIpc) is 4.06. The first-order valence-electron chi connectivity index (χ1n) is 25.9. The van der Waals surface area contributed by atoms with E-state index in [2.05, 4.69) is 252 Å². The van der Waals surface area contributed by atoms with Crippen LogP contribution >= 0.6 is 0 Å². The molecule has 0 unspecified atom stereocenters. The lowest BCUT2D eigenvalue weighted by molar-refractivity contribution is 1.17. The monoisotopic (exact) mass is 965 g/mol. The van der Waals surface area contributed by atoms with E-state index in [1.165, 1.54) is 33.0 Å². The summed E-state index contributed by atoms with van der Waals surface area (Å²) < 4.78 is 4.95. The van der Waals surface area contributed by atoms with Crippen LogP contribution in [0.1, 0.15) is 0 Å². The van der Waals surface area contributed by atoms with Gasteiger partial charge < -0.3 is 9.13 Å². The molecule has 0 aliphatic rings. The van der Waals surface area contributed by atoms with Gasteiger partial charge in [0.05, 0.1) is 22.1 Å². The van der Waals surface area contributed by atoms with Crippen LogP contribution in [0.2, 0.25) is 0 Å². The second kappa shape index (κ2) is 16.7. The molecule has 0 aliphatic carbocycles. The Morgan fingerprint density at radius 3 is 1.32 bits per heavy atom. The van der Waals surface area contributed by atoms with Gasteiger partial charge in [-0.1, -0.05) is 176 Å². The molecule has 5 heteroatoms. The molecule has 76 heavy (non-hydrogen) atoms. The topological polar surface area (TPSA) is 48.5 Å². The molecule has 0 aliphatic heterocycles. The lowest BCUT2D eigenvalue weighted by Crippen LogP contribution is -1.97. The first-order chi connectivity index (χ1) is 37.6. The standard InChI is InChI=1S/C71H43N5/c1-5-17-44(18-6-1)51-30-33-65-59(37-51)56-32-29-52(45-19-7-2-8-20-45)42-67(56)75(65)55-31-34-66-60(43-55)62-41-53-40-61(68(62)76(66)54-27-11-4-12-28-54)58-36-48-24-14-16-26-50(48)39-64(58)71-73-69(46-21-9-3-10-22-46)72-70(74-71)63-38-49-25-15-13-23-47(49)35-57(53)63/h1-43H. The van der Waals surface area contributed by atoms with E-state index in [1.807, 2.05) is 18.2 Å². The Labute approximate surface area is 436 Å². The van der Waals surface area contributed by atoms with Gasteiger partial charge in [-0.15, -0.1) is 0 Å². The Bertz CT molecular complexity index is 5080. The Hall–Kier alpha value is -10.2. The first kappa shape index (κ1) is 42.3. The molecule has 0 atom stereocenters. The van der Waals surface area contributed by atoms with Crippen molar-refractivity contribution in [2.45, 2.75) is 0 Å². The highest BCUT2D eigenvalue weighted by atomic mass is 15.0. The van der Waals surface area contributed by atoms with Crippen LogP contribution in [-0.2, 0) is 0 Å². The molecule has 4 bridgehead atoms. The van der Waals surface area contributed by atoms with Gasteiger partial charge in [-0.05, 0) is 145 Å². The van der Waals surface area contributed by atoms with Crippen LogP contribution in [0.5, 0.6) is 0 Å². The Morgan fingerprint density at radius 2 is 0.684 bits per heavy atom. The maximum absolute atomic E-state index is 5.47. The zero-order valence-electron chi connectivity index (χ0n) is 41.1. The number of benzene rings is 12. The minimum absolute atomic E-state index is 0.630. The van der Waals surface area contributed by atoms with Gasteiger partial charge in [0.1, 0.15) is 0 Å². The normalized spacial score (nSPS) is 11.9. The third-order valence-electron chi connectivity index (χ3n) is 15.6. The Morgan fingerprint density at radius 1 is 0.224 bits per heavy atom. The van der Waals surface area contributed by atoms with Crippen molar-refractivity contribution in [2.75, 3.05) is 0 Å². The van der Waals surface area contributed by atoms with E-state index >= 15 is 0 Å². The lowest BCUT2D eigenvalue weighted by atomic mass is 9.97. The molecule has 0 amide bonds. The van der Waals surface area contributed by atoms with E-state index in [4.69, 9.17) is 15.0 Å². The van der Waals surface area contributed by atoms with Crippen LogP contribution in [-0.4, -0.2) is 24.1 Å². The number of nitrogens with zero attached hydrogens (tertiary/aromatic N) is 5. The van der Waals surface area contributed by atoms with Crippen molar-refractivity contribution >= 4 is 109 Å². The summed E-state index contributed by atoms with van der Waals surface area (Å²) in [5, 5.41) is 15.4. The summed E-state index contributed by atoms with van der Waals surface area (Å²) in [6.45, 7) is 0. The number of hydrogen-bond donors (Lipinski definition) is 0. The summed E-state index contributed by atoms with van der Waals surface area (Å²) in [4.78, 5) is 16.2. The molecule has 0 saturated carbocycles. The van der Waals surface area contributed by atoms with E-state index in [9.17, 15) is 0 Å². The van der Waals surface area contributed by atoms with Gasteiger partial charge in [-0.2, -0.15) is 0 Å². The summed E-state index contributed by atoms with van der Waals surface area (Å²) >= 11 is 0. The largest absolute Gasteiger partial charge is 0.309 e. The molecule has 0 fully saturated rings. The lowest BCUT2D eigenvalue weighted by Gasteiger charge is -2.13. The van der Waals surface area contributed by atoms with Crippen molar-refractivity contribution in [2.24, 2.45) is 0 Å². The molecule has 12 aromatic carbocycles. The van der Waals surface area contributed by atoms with Gasteiger partial charge in [-0.3, -0.25) is 0 Å². The molecule has 16 rings (SSSR count). The minimum Gasteiger partial charge on any atom is -0.309 e. The summed E-state index contributed by atoms with van der Waals surface area (Å²) in [5.74, 6) is 0.636. The van der Waals surface area contributed by atoms with Crippen molar-refractivity contribution in [1.82, 2.24) is 24.1 Å². The Balaban J connectivity index is 1.09. The van der Waals surface area contributed by atoms with Crippen molar-refractivity contribution in [3.8, 4) is 45.0 Å². The molecule has 352 valence electrons. The molecule has 16 aromatic rings. The molecular weight excluding hydrogens is 923 g/mol. The van der Waals surface area contributed by atoms with Crippen molar-refractivity contribution in [1.29, 1.82) is 0 Å². The molecule has 0 saturated heterocycles. The highest BCUT2D eigenvalue weighted by Crippen LogP contribution is 2.44. The molecule has 4 aromatic heterocycles. The predicted molar refractivity (Wildman–Crippen MR) is 319 cm³/mol. The maximum atomic E-state index is 5.47. The number of rotatable bonds is 5. The van der Waals surface area contributed by atoms with Gasteiger partial charge >= 0.3 is 0 Å². The zero-order chi connectivity index (χ0) is 49.8. The summed E-state index contributed by atoms with van der Waals surface area (Å²) in [6, 6.07) is 94.8. The second-order valence-electron chi connectivity index (χ2n) is 20.0. The van der Waals surface area contributed by atoms with Crippen LogP contribution < -0.4 is 0 Å². The van der Waals surface area contributed by atoms with Crippen LogP contribution in [0.4, 0.5) is 0 Å². The summed E-state index contributed by atoms with van der Waals surface area (Å²) in [6.07, 6.45) is 0. The van der Waals surface area contributed by atoms with Gasteiger partial charge in [0.2, 0.25) is 0 Å². The van der Waals surface area contributed by atoms with E-state index in [0.29, 0.717) is 17.1 Å². The third-order valence-corrected chi connectivity index (χ3v) is 15.6. The van der Waals surface area contributed by atoms with E-state index < -0.39 is 0 Å². The van der Waals surface area contributed by atoms with Gasteiger partial charge in [0.25, 0.3) is 0 Å². The number of aromatic nitrogens is 5. The van der Waals surface area contributed by atoms with Crippen LogP contribution in [0, 0.1) is 0 Å². The number of fused-ring (bicyclic) bond motifs is 19. The fourth-order valence-electron chi connectivity index (χ4n) is 12.0. The summed E-state index contributed by atoms with van der Waals surface area (Å²) in [5.41, 5.74) is 13.7. The van der Waals surface area contributed by atoms with E-state index in [-0.39, 0.29) is 0 Å². The highest BCUT2D eigenvalue weighted by molar-refractivity contribution is 6.26. The van der Waals surface area contributed by atoms with Gasteiger partial charge in [0.15, 0.2) is 17.1 Å². The molecular formula is C71H43N5. The van der Waals surface area contributed by atoms with Gasteiger partial charge in [-0.25, -0.2) is 15.0 Å². The van der Waals surface area contributed by atoms with Crippen LogP contribution in [0.25, 0.3) is 154 Å². The number of para-hydroxylation sites is 1. The number of hydrogen-bond acceptors (Lipinski definition) is 3. The minimum atomic E-state index is 0.630. The maximum Gasteiger partial charge on any atom is 0.164 e. The first-order valence-corrected chi connectivity index (χ1v) is 25.9. The van der Waals surface area contributed by atoms with Crippen molar-refractivity contribution < 1.29 is 0 Å². The summed E-state index contributed by atoms with van der Waals surface area (Å²) in [7, 11) is 0. The molecule has 0 spiro atoms. The second-order valence-corrected chi connectivity index (χ2v) is 20.0. The zero-order valence-corrected chi connectivity index (χ0v) is 41.1. The fraction of sp³-hybridized carbons (Fsp3) is 0. The highest BCUT2D eigenvalue weighted by Gasteiger charge is 2.22. The fourth-order valence-corrected chi connectivity index (χ4v) is 12.0.